The smallest absolute Gasteiger partial charge is 0.291 e. The first-order chi connectivity index (χ1) is 11.8. The number of nitriles is 1. The molecule has 1 fully saturated rings. The van der Waals surface area contributed by atoms with Crippen molar-refractivity contribution < 1.29 is 4.79 Å². The van der Waals surface area contributed by atoms with Crippen LogP contribution in [0.4, 0.5) is 16.2 Å². The number of benzene rings is 2. The quantitative estimate of drug-likeness (QED) is 0.726. The molecule has 0 aliphatic carbocycles. The molecule has 5 nitrogen and oxygen atoms in total. The lowest BCUT2D eigenvalue weighted by Gasteiger charge is -2.21. The molecule has 1 aliphatic rings. The van der Waals surface area contributed by atoms with Gasteiger partial charge in [0.15, 0.2) is 0 Å². The van der Waals surface area contributed by atoms with Gasteiger partial charge in [-0.1, -0.05) is 42.5 Å². The first-order valence-electron chi connectivity index (χ1n) is 7.68. The Kier molecular flexibility index (Phi) is 3.36. The van der Waals surface area contributed by atoms with E-state index in [9.17, 15) is 10.1 Å². The van der Waals surface area contributed by atoms with Crippen LogP contribution in [0, 0.1) is 11.3 Å². The van der Waals surface area contributed by atoms with E-state index in [0.29, 0.717) is 12.2 Å². The Bertz CT molecular complexity index is 943. The largest absolute Gasteiger partial charge is 0.330 e. The number of rotatable bonds is 2. The van der Waals surface area contributed by atoms with E-state index in [2.05, 4.69) is 11.1 Å². The highest BCUT2D eigenvalue weighted by Gasteiger charge is 2.39. The van der Waals surface area contributed by atoms with Gasteiger partial charge in [-0.3, -0.25) is 14.8 Å². The molecule has 0 radical (unpaired) electrons. The summed E-state index contributed by atoms with van der Waals surface area (Å²) in [5.41, 5.74) is 1.46. The van der Waals surface area contributed by atoms with E-state index in [4.69, 9.17) is 0 Å². The maximum atomic E-state index is 13.0. The number of anilines is 2. The second-order valence-corrected chi connectivity index (χ2v) is 5.62. The van der Waals surface area contributed by atoms with E-state index in [0.717, 1.165) is 16.5 Å². The van der Waals surface area contributed by atoms with Gasteiger partial charge in [-0.25, -0.2) is 4.79 Å². The third-order valence-electron chi connectivity index (χ3n) is 4.23. The molecule has 1 atom stereocenters. The molecular weight excluding hydrogens is 300 g/mol. The minimum Gasteiger partial charge on any atom is -0.291 e. The summed E-state index contributed by atoms with van der Waals surface area (Å²) in [5, 5.41) is 11.4. The average Bonchev–Trinajstić information content (AvgIpc) is 2.98. The number of nitrogens with zero attached hydrogens (tertiary/aromatic N) is 4. The number of carbonyl (C=O) groups is 1. The van der Waals surface area contributed by atoms with Crippen LogP contribution in [0.5, 0.6) is 0 Å². The molecule has 0 saturated carbocycles. The Labute approximate surface area is 139 Å². The Morgan fingerprint density at radius 3 is 2.58 bits per heavy atom. The minimum absolute atomic E-state index is 0.203. The van der Waals surface area contributed by atoms with E-state index in [-0.39, 0.29) is 6.03 Å². The van der Waals surface area contributed by atoms with Crippen LogP contribution >= 0.6 is 0 Å². The summed E-state index contributed by atoms with van der Waals surface area (Å²) in [5.74, 6) is 0. The molecule has 2 aromatic carbocycles. The first kappa shape index (κ1) is 14.2. The Morgan fingerprint density at radius 1 is 1.04 bits per heavy atom. The summed E-state index contributed by atoms with van der Waals surface area (Å²) in [6.07, 6.45) is 3.41. The first-order valence-corrected chi connectivity index (χ1v) is 7.68. The number of carbonyl (C=O) groups excluding carboxylic acids is 1. The summed E-state index contributed by atoms with van der Waals surface area (Å²) in [6, 6.07) is 18.6. The van der Waals surface area contributed by atoms with Crippen molar-refractivity contribution in [2.45, 2.75) is 6.04 Å². The molecule has 2 heterocycles. The molecule has 1 unspecified atom stereocenters. The number of urea groups is 1. The van der Waals surface area contributed by atoms with Crippen LogP contribution in [0.1, 0.15) is 0 Å². The summed E-state index contributed by atoms with van der Waals surface area (Å²) < 4.78 is 0. The van der Waals surface area contributed by atoms with Gasteiger partial charge in [0.2, 0.25) is 0 Å². The fraction of sp³-hybridized carbons (Fsp3) is 0.105. The summed E-state index contributed by atoms with van der Waals surface area (Å²) in [6.45, 7) is 0.336. The van der Waals surface area contributed by atoms with Crippen molar-refractivity contribution in [2.24, 2.45) is 0 Å². The summed E-state index contributed by atoms with van der Waals surface area (Å²) >= 11 is 0. The molecular formula is C19H14N4O. The number of hydrogen-bond acceptors (Lipinski definition) is 3. The zero-order chi connectivity index (χ0) is 16.5. The molecule has 24 heavy (non-hydrogen) atoms. The fourth-order valence-corrected chi connectivity index (χ4v) is 3.08. The monoisotopic (exact) mass is 314 g/mol. The zero-order valence-electron chi connectivity index (χ0n) is 12.8. The lowest BCUT2D eigenvalue weighted by molar-refractivity contribution is 0.255. The van der Waals surface area contributed by atoms with Crippen molar-refractivity contribution in [1.29, 1.82) is 5.26 Å². The second kappa shape index (κ2) is 5.67. The van der Waals surface area contributed by atoms with E-state index < -0.39 is 6.04 Å². The Balaban J connectivity index is 1.82. The standard InChI is InChI=1S/C19H14N4O/c20-10-16-13-22(15-7-2-1-3-8-15)19(24)23(16)18-12-21-11-14-6-4-5-9-17(14)18/h1-9,11-12,16H,13H2. The molecule has 5 heteroatoms. The third-order valence-corrected chi connectivity index (χ3v) is 4.23. The lowest BCUT2D eigenvalue weighted by Crippen LogP contribution is -2.34. The van der Waals surface area contributed by atoms with Crippen LogP contribution in [0.25, 0.3) is 10.8 Å². The summed E-state index contributed by atoms with van der Waals surface area (Å²) in [7, 11) is 0. The number of para-hydroxylation sites is 1. The van der Waals surface area contributed by atoms with Crippen molar-refractivity contribution in [3.8, 4) is 6.07 Å². The van der Waals surface area contributed by atoms with Crippen LogP contribution < -0.4 is 9.80 Å². The SMILES string of the molecule is N#CC1CN(c2ccccc2)C(=O)N1c1cncc2ccccc12. The van der Waals surface area contributed by atoms with Crippen LogP contribution in [-0.2, 0) is 0 Å². The highest BCUT2D eigenvalue weighted by molar-refractivity contribution is 6.11. The lowest BCUT2D eigenvalue weighted by atomic mass is 10.1. The van der Waals surface area contributed by atoms with Crippen molar-refractivity contribution in [1.82, 2.24) is 4.98 Å². The highest BCUT2D eigenvalue weighted by atomic mass is 16.2. The van der Waals surface area contributed by atoms with Gasteiger partial charge in [0.1, 0.15) is 6.04 Å². The molecule has 1 aliphatic heterocycles. The highest BCUT2D eigenvalue weighted by Crippen LogP contribution is 2.32. The molecule has 0 N–H and O–H groups in total. The second-order valence-electron chi connectivity index (χ2n) is 5.62. The van der Waals surface area contributed by atoms with Crippen molar-refractivity contribution in [3.63, 3.8) is 0 Å². The predicted molar refractivity (Wildman–Crippen MR) is 92.8 cm³/mol. The van der Waals surface area contributed by atoms with Crippen LogP contribution in [0.3, 0.4) is 0 Å². The van der Waals surface area contributed by atoms with Gasteiger partial charge < -0.3 is 0 Å². The van der Waals surface area contributed by atoms with Crippen molar-refractivity contribution >= 4 is 28.2 Å². The van der Waals surface area contributed by atoms with Crippen LogP contribution in [-0.4, -0.2) is 23.6 Å². The number of amides is 2. The molecule has 1 saturated heterocycles. The van der Waals surface area contributed by atoms with Gasteiger partial charge in [0, 0.05) is 22.7 Å². The maximum absolute atomic E-state index is 13.0. The number of hydrogen-bond donors (Lipinski definition) is 0. The van der Waals surface area contributed by atoms with Gasteiger partial charge in [0.25, 0.3) is 0 Å². The van der Waals surface area contributed by atoms with Crippen molar-refractivity contribution in [3.05, 3.63) is 67.0 Å². The van der Waals surface area contributed by atoms with Gasteiger partial charge >= 0.3 is 6.03 Å². The fourth-order valence-electron chi connectivity index (χ4n) is 3.08. The zero-order valence-corrected chi connectivity index (χ0v) is 12.8. The predicted octanol–water partition coefficient (Wildman–Crippen LogP) is 3.57. The molecule has 0 spiro atoms. The number of fused-ring (bicyclic) bond motifs is 1. The third kappa shape index (κ3) is 2.17. The minimum atomic E-state index is -0.551. The van der Waals surface area contributed by atoms with Gasteiger partial charge in [-0.05, 0) is 12.1 Å². The molecule has 0 bridgehead atoms. The van der Waals surface area contributed by atoms with Gasteiger partial charge in [0.05, 0.1) is 24.5 Å². The molecule has 4 rings (SSSR count). The van der Waals surface area contributed by atoms with E-state index >= 15 is 0 Å². The van der Waals surface area contributed by atoms with E-state index in [1.54, 1.807) is 22.2 Å². The maximum Gasteiger partial charge on any atom is 0.330 e. The van der Waals surface area contributed by atoms with Gasteiger partial charge in [-0.2, -0.15) is 5.26 Å². The normalized spacial score (nSPS) is 17.3. The molecule has 1 aromatic heterocycles. The number of pyridine rings is 1. The molecule has 2 amide bonds. The summed E-state index contributed by atoms with van der Waals surface area (Å²) in [4.78, 5) is 20.4. The average molecular weight is 314 g/mol. The molecule has 116 valence electrons. The van der Waals surface area contributed by atoms with E-state index in [1.165, 1.54) is 0 Å². The topological polar surface area (TPSA) is 60.2 Å². The van der Waals surface area contributed by atoms with Gasteiger partial charge in [-0.15, -0.1) is 0 Å². The van der Waals surface area contributed by atoms with E-state index in [1.807, 2.05) is 54.6 Å². The van der Waals surface area contributed by atoms with Crippen molar-refractivity contribution in [2.75, 3.05) is 16.3 Å². The van der Waals surface area contributed by atoms with Crippen LogP contribution in [0.15, 0.2) is 67.0 Å². The Morgan fingerprint density at radius 2 is 1.79 bits per heavy atom. The van der Waals surface area contributed by atoms with Crippen LogP contribution in [0.2, 0.25) is 0 Å². The molecule has 3 aromatic rings. The number of aromatic nitrogens is 1. The Hall–Kier alpha value is -3.39.